The molecule has 0 aromatic carbocycles. The fourth-order valence-electron chi connectivity index (χ4n) is 3.24. The predicted molar refractivity (Wildman–Crippen MR) is 62.8 cm³/mol. The molecule has 2 atom stereocenters. The lowest BCUT2D eigenvalue weighted by molar-refractivity contribution is 0.131. The molecule has 0 spiro atoms. The van der Waals surface area contributed by atoms with Crippen LogP contribution in [0, 0.1) is 11.8 Å². The van der Waals surface area contributed by atoms with E-state index in [9.17, 15) is 5.11 Å². The van der Waals surface area contributed by atoms with E-state index in [0.717, 1.165) is 18.5 Å². The van der Waals surface area contributed by atoms with E-state index < -0.39 is 0 Å². The first kappa shape index (κ1) is 11.4. The maximum absolute atomic E-state index is 9.33. The van der Waals surface area contributed by atoms with Gasteiger partial charge in [0.05, 0.1) is 0 Å². The van der Waals surface area contributed by atoms with Crippen LogP contribution < -0.4 is 5.32 Å². The molecule has 0 amide bonds. The Bertz CT molecular complexity index is 177. The molecule has 2 heteroatoms. The quantitative estimate of drug-likeness (QED) is 0.748. The molecule has 0 aromatic heterocycles. The number of aliphatic hydroxyl groups excluding tert-OH is 1. The molecule has 2 fully saturated rings. The summed E-state index contributed by atoms with van der Waals surface area (Å²) < 4.78 is 0. The van der Waals surface area contributed by atoms with Gasteiger partial charge in [0.25, 0.3) is 0 Å². The van der Waals surface area contributed by atoms with E-state index in [0.29, 0.717) is 12.5 Å². The first-order valence-electron chi connectivity index (χ1n) is 6.74. The van der Waals surface area contributed by atoms with Crippen LogP contribution in [0.25, 0.3) is 0 Å². The molecule has 2 aliphatic rings. The van der Waals surface area contributed by atoms with Crippen LogP contribution >= 0.6 is 0 Å². The lowest BCUT2D eigenvalue weighted by Crippen LogP contribution is -2.36. The molecule has 0 bridgehead atoms. The zero-order valence-corrected chi connectivity index (χ0v) is 9.75. The van der Waals surface area contributed by atoms with Crippen molar-refractivity contribution in [3.05, 3.63) is 0 Å². The highest BCUT2D eigenvalue weighted by Crippen LogP contribution is 2.29. The summed E-state index contributed by atoms with van der Waals surface area (Å²) in [5.74, 6) is 1.32. The smallest absolute Gasteiger partial charge is 0.0462 e. The van der Waals surface area contributed by atoms with E-state index in [4.69, 9.17) is 0 Å². The summed E-state index contributed by atoms with van der Waals surface area (Å²) in [6.07, 6.45) is 10.8. The van der Waals surface area contributed by atoms with Crippen LogP contribution in [0.3, 0.4) is 0 Å². The third-order valence-electron chi connectivity index (χ3n) is 4.32. The zero-order valence-electron chi connectivity index (χ0n) is 9.75. The van der Waals surface area contributed by atoms with Gasteiger partial charge in [0, 0.05) is 12.6 Å². The SMILES string of the molecule is OCC1CCCCC1CNC1CCCC1. The van der Waals surface area contributed by atoms with Gasteiger partial charge in [-0.2, -0.15) is 0 Å². The Labute approximate surface area is 93.5 Å². The predicted octanol–water partition coefficient (Wildman–Crippen LogP) is 2.32. The standard InChI is InChI=1S/C13H25NO/c15-10-12-6-2-1-5-11(12)9-14-13-7-3-4-8-13/h11-15H,1-10H2. The summed E-state index contributed by atoms with van der Waals surface area (Å²) in [5.41, 5.74) is 0. The van der Waals surface area contributed by atoms with Crippen LogP contribution in [0.15, 0.2) is 0 Å². The van der Waals surface area contributed by atoms with Gasteiger partial charge in [-0.15, -0.1) is 0 Å². The largest absolute Gasteiger partial charge is 0.396 e. The van der Waals surface area contributed by atoms with Gasteiger partial charge < -0.3 is 10.4 Å². The molecule has 0 radical (unpaired) electrons. The lowest BCUT2D eigenvalue weighted by Gasteiger charge is -2.31. The Balaban J connectivity index is 1.71. The summed E-state index contributed by atoms with van der Waals surface area (Å²) in [6, 6.07) is 0.784. The van der Waals surface area contributed by atoms with Crippen LogP contribution in [0.2, 0.25) is 0 Å². The van der Waals surface area contributed by atoms with Crippen molar-refractivity contribution in [2.45, 2.75) is 57.4 Å². The van der Waals surface area contributed by atoms with E-state index in [1.54, 1.807) is 0 Å². The van der Waals surface area contributed by atoms with Gasteiger partial charge in [0.1, 0.15) is 0 Å². The van der Waals surface area contributed by atoms with Gasteiger partial charge in [-0.25, -0.2) is 0 Å². The Hall–Kier alpha value is -0.0800. The first-order chi connectivity index (χ1) is 7.40. The molecule has 0 saturated heterocycles. The lowest BCUT2D eigenvalue weighted by atomic mass is 9.79. The summed E-state index contributed by atoms with van der Waals surface area (Å²) >= 11 is 0. The van der Waals surface area contributed by atoms with Crippen molar-refractivity contribution >= 4 is 0 Å². The van der Waals surface area contributed by atoms with Crippen molar-refractivity contribution in [2.24, 2.45) is 11.8 Å². The summed E-state index contributed by atoms with van der Waals surface area (Å²) in [7, 11) is 0. The Morgan fingerprint density at radius 1 is 0.867 bits per heavy atom. The number of hydrogen-bond acceptors (Lipinski definition) is 2. The molecule has 2 N–H and O–H groups in total. The van der Waals surface area contributed by atoms with Crippen LogP contribution in [0.5, 0.6) is 0 Å². The minimum atomic E-state index is 0.400. The topological polar surface area (TPSA) is 32.3 Å². The molecule has 15 heavy (non-hydrogen) atoms. The molecule has 2 unspecified atom stereocenters. The highest BCUT2D eigenvalue weighted by atomic mass is 16.3. The van der Waals surface area contributed by atoms with Gasteiger partial charge in [0.15, 0.2) is 0 Å². The second-order valence-electron chi connectivity index (χ2n) is 5.38. The molecule has 0 aromatic rings. The maximum atomic E-state index is 9.33. The van der Waals surface area contributed by atoms with Gasteiger partial charge in [-0.05, 0) is 44.1 Å². The summed E-state index contributed by atoms with van der Waals surface area (Å²) in [6.45, 7) is 1.55. The molecular weight excluding hydrogens is 186 g/mol. The van der Waals surface area contributed by atoms with Crippen molar-refractivity contribution in [1.82, 2.24) is 5.32 Å². The van der Waals surface area contributed by atoms with Gasteiger partial charge >= 0.3 is 0 Å². The number of rotatable bonds is 4. The molecule has 2 rings (SSSR count). The number of hydrogen-bond donors (Lipinski definition) is 2. The second-order valence-corrected chi connectivity index (χ2v) is 5.38. The second kappa shape index (κ2) is 5.86. The monoisotopic (exact) mass is 211 g/mol. The number of nitrogens with one attached hydrogen (secondary N) is 1. The molecule has 0 heterocycles. The average Bonchev–Trinajstić information content (AvgIpc) is 2.79. The van der Waals surface area contributed by atoms with Crippen molar-refractivity contribution in [3.63, 3.8) is 0 Å². The normalized spacial score (nSPS) is 33.4. The van der Waals surface area contributed by atoms with Gasteiger partial charge in [0.2, 0.25) is 0 Å². The van der Waals surface area contributed by atoms with E-state index in [2.05, 4.69) is 5.32 Å². The van der Waals surface area contributed by atoms with Crippen LogP contribution in [-0.2, 0) is 0 Å². The minimum absolute atomic E-state index is 0.400. The van der Waals surface area contributed by atoms with Gasteiger partial charge in [-0.1, -0.05) is 25.7 Å². The molecule has 2 saturated carbocycles. The molecular formula is C13H25NO. The zero-order chi connectivity index (χ0) is 10.5. The van der Waals surface area contributed by atoms with E-state index in [1.165, 1.54) is 51.4 Å². The Kier molecular flexibility index (Phi) is 4.45. The summed E-state index contributed by atoms with van der Waals surface area (Å²) in [5, 5.41) is 13.0. The van der Waals surface area contributed by atoms with Crippen LogP contribution in [-0.4, -0.2) is 24.3 Å². The maximum Gasteiger partial charge on any atom is 0.0462 e. The molecule has 2 nitrogen and oxygen atoms in total. The summed E-state index contributed by atoms with van der Waals surface area (Å²) in [4.78, 5) is 0. The number of aliphatic hydroxyl groups is 1. The van der Waals surface area contributed by atoms with Crippen molar-refractivity contribution in [2.75, 3.05) is 13.2 Å². The van der Waals surface area contributed by atoms with Crippen LogP contribution in [0.1, 0.15) is 51.4 Å². The third kappa shape index (κ3) is 3.18. The Morgan fingerprint density at radius 3 is 2.13 bits per heavy atom. The molecule has 0 aliphatic heterocycles. The third-order valence-corrected chi connectivity index (χ3v) is 4.32. The molecule has 2 aliphatic carbocycles. The fraction of sp³-hybridized carbons (Fsp3) is 1.00. The van der Waals surface area contributed by atoms with E-state index in [1.807, 2.05) is 0 Å². The minimum Gasteiger partial charge on any atom is -0.396 e. The van der Waals surface area contributed by atoms with Crippen molar-refractivity contribution in [1.29, 1.82) is 0 Å². The van der Waals surface area contributed by atoms with Gasteiger partial charge in [-0.3, -0.25) is 0 Å². The first-order valence-corrected chi connectivity index (χ1v) is 6.74. The highest BCUT2D eigenvalue weighted by Gasteiger charge is 2.25. The highest BCUT2D eigenvalue weighted by molar-refractivity contribution is 4.80. The van der Waals surface area contributed by atoms with E-state index >= 15 is 0 Å². The average molecular weight is 211 g/mol. The van der Waals surface area contributed by atoms with E-state index in [-0.39, 0.29) is 0 Å². The Morgan fingerprint density at radius 2 is 1.47 bits per heavy atom. The fourth-order valence-corrected chi connectivity index (χ4v) is 3.24. The molecule has 88 valence electrons. The van der Waals surface area contributed by atoms with Crippen LogP contribution in [0.4, 0.5) is 0 Å². The van der Waals surface area contributed by atoms with Crippen molar-refractivity contribution < 1.29 is 5.11 Å². The van der Waals surface area contributed by atoms with Crippen molar-refractivity contribution in [3.8, 4) is 0 Å².